The van der Waals surface area contributed by atoms with Gasteiger partial charge in [0.05, 0.1) is 0 Å². The smallest absolute Gasteiger partial charge is 0.150 e. The molecule has 70 heavy (non-hydrogen) atoms. The van der Waals surface area contributed by atoms with Gasteiger partial charge < -0.3 is 9.47 Å². The number of hydrogen-bond acceptors (Lipinski definition) is 4. The minimum absolute atomic E-state index is 0.605. The van der Waals surface area contributed by atoms with Crippen LogP contribution in [0.15, 0.2) is 254 Å². The van der Waals surface area contributed by atoms with Crippen LogP contribution in [0.5, 0.6) is 0 Å². The third kappa shape index (κ3) is 10.3. The van der Waals surface area contributed by atoms with E-state index in [4.69, 9.17) is 9.47 Å². The van der Waals surface area contributed by atoms with Crippen LogP contribution >= 0.6 is 0 Å². The molecule has 0 saturated carbocycles. The molecule has 2 heterocycles. The maximum absolute atomic E-state index is 11.3. The minimum atomic E-state index is 0.605. The summed E-state index contributed by atoms with van der Waals surface area (Å²) in [6, 6.07) is 71.9. The van der Waals surface area contributed by atoms with Crippen molar-refractivity contribution >= 4 is 46.8 Å². The number of ether oxygens (including phenoxy) is 2. The van der Waals surface area contributed by atoms with Crippen molar-refractivity contribution in [3.8, 4) is 23.7 Å². The third-order valence-corrected chi connectivity index (χ3v) is 11.8. The molecule has 4 heteroatoms. The zero-order valence-corrected chi connectivity index (χ0v) is 37.9. The van der Waals surface area contributed by atoms with Crippen molar-refractivity contribution in [2.75, 3.05) is 0 Å². The molecule has 0 aromatic heterocycles. The molecule has 330 valence electrons. The Labute approximate surface area is 408 Å². The summed E-state index contributed by atoms with van der Waals surface area (Å²) in [4.78, 5) is 22.6. The number of carbonyl (C=O) groups is 2. The summed E-state index contributed by atoms with van der Waals surface area (Å²) in [6.07, 6.45) is 10.2. The fourth-order valence-corrected chi connectivity index (χ4v) is 8.20. The van der Waals surface area contributed by atoms with Crippen molar-refractivity contribution < 1.29 is 19.1 Å². The summed E-state index contributed by atoms with van der Waals surface area (Å²) in [5.74, 6) is 16.0. The van der Waals surface area contributed by atoms with Crippen LogP contribution in [0.25, 0.3) is 34.2 Å². The van der Waals surface area contributed by atoms with E-state index in [-0.39, 0.29) is 0 Å². The zero-order chi connectivity index (χ0) is 47.5. The molecule has 0 aliphatic carbocycles. The van der Waals surface area contributed by atoms with Gasteiger partial charge in [-0.1, -0.05) is 194 Å². The lowest BCUT2D eigenvalue weighted by molar-refractivity contribution is 0.111. The number of aldehydes is 2. The van der Waals surface area contributed by atoms with Crippen LogP contribution in [0.2, 0.25) is 0 Å². The quantitative estimate of drug-likeness (QED) is 0.107. The molecule has 8 aromatic carbocycles. The molecular formula is C66H42O4. The first-order chi connectivity index (χ1) is 34.6. The van der Waals surface area contributed by atoms with Crippen LogP contribution in [0.1, 0.15) is 76.4 Å². The van der Waals surface area contributed by atoms with Gasteiger partial charge in [-0.25, -0.2) is 0 Å². The molecule has 0 fully saturated rings. The third-order valence-electron chi connectivity index (χ3n) is 11.8. The normalized spacial score (nSPS) is 12.7. The van der Waals surface area contributed by atoms with Gasteiger partial charge in [0.15, 0.2) is 0 Å². The first-order valence-corrected chi connectivity index (χ1v) is 22.9. The standard InChI is InChI=1S/C66H42O4/c67-45-51-29-25-47(26-30-51)21-23-49-33-37-57(38-34-49)65(59-41-61(53-13-5-1-6-14-53)69-62(42-59)54-15-7-2-8-16-54)66(58-39-35-50(36-40-58)24-22-48-27-31-52(46-68)32-28-48)60-43-63(55-17-9-3-10-18-55)70-64(44-60)56-19-11-4-12-20-56/h1-20,25-46H. The second kappa shape index (κ2) is 20.8. The molecule has 0 bridgehead atoms. The fourth-order valence-electron chi connectivity index (χ4n) is 8.20. The molecule has 4 nitrogen and oxygen atoms in total. The van der Waals surface area contributed by atoms with Gasteiger partial charge >= 0.3 is 0 Å². The van der Waals surface area contributed by atoms with Gasteiger partial charge in [-0.3, -0.25) is 9.59 Å². The monoisotopic (exact) mass is 898 g/mol. The van der Waals surface area contributed by atoms with Crippen LogP contribution in [-0.2, 0) is 9.47 Å². The van der Waals surface area contributed by atoms with Crippen molar-refractivity contribution in [2.45, 2.75) is 0 Å². The molecule has 2 aliphatic heterocycles. The van der Waals surface area contributed by atoms with Gasteiger partial charge in [-0.15, -0.1) is 0 Å². The Balaban J connectivity index is 1.24. The number of carbonyl (C=O) groups excluding carboxylic acids is 2. The first-order valence-electron chi connectivity index (χ1n) is 22.9. The lowest BCUT2D eigenvalue weighted by Crippen LogP contribution is -2.06. The molecule has 0 unspecified atom stereocenters. The van der Waals surface area contributed by atoms with Crippen molar-refractivity contribution in [3.05, 3.63) is 321 Å². The number of allylic oxidation sites excluding steroid dienone is 8. The predicted octanol–water partition coefficient (Wildman–Crippen LogP) is 14.5. The van der Waals surface area contributed by atoms with E-state index in [1.165, 1.54) is 0 Å². The molecular weight excluding hydrogens is 857 g/mol. The van der Waals surface area contributed by atoms with E-state index in [1.807, 2.05) is 97.1 Å². The number of rotatable bonds is 9. The maximum atomic E-state index is 11.3. The van der Waals surface area contributed by atoms with Gasteiger partial charge in [0.1, 0.15) is 35.6 Å². The van der Waals surface area contributed by atoms with Crippen LogP contribution in [0.3, 0.4) is 0 Å². The highest BCUT2D eigenvalue weighted by Crippen LogP contribution is 2.45. The van der Waals surface area contributed by atoms with Gasteiger partial charge in [-0.2, -0.15) is 0 Å². The second-order valence-electron chi connectivity index (χ2n) is 16.5. The molecule has 0 spiro atoms. The molecule has 0 N–H and O–H groups in total. The van der Waals surface area contributed by atoms with Crippen molar-refractivity contribution in [3.63, 3.8) is 0 Å². The molecule has 8 aromatic rings. The van der Waals surface area contributed by atoms with Crippen molar-refractivity contribution in [1.82, 2.24) is 0 Å². The average Bonchev–Trinajstić information content (AvgIpc) is 3.44. The lowest BCUT2D eigenvalue weighted by atomic mass is 9.83. The summed E-state index contributed by atoms with van der Waals surface area (Å²) < 4.78 is 13.6. The molecule has 10 rings (SSSR count). The summed E-state index contributed by atoms with van der Waals surface area (Å²) in [7, 11) is 0. The fraction of sp³-hybridized carbons (Fsp3) is 0. The number of hydrogen-bond donors (Lipinski definition) is 0. The maximum Gasteiger partial charge on any atom is 0.150 e. The van der Waals surface area contributed by atoms with Crippen molar-refractivity contribution in [2.24, 2.45) is 0 Å². The Bertz CT molecular complexity index is 3180. The van der Waals surface area contributed by atoms with E-state index in [1.54, 1.807) is 24.3 Å². The average molecular weight is 899 g/mol. The van der Waals surface area contributed by atoms with E-state index in [2.05, 4.69) is 145 Å². The van der Waals surface area contributed by atoms with Gasteiger partial charge in [-0.05, 0) is 106 Å². The Hall–Kier alpha value is -9.74. The summed E-state index contributed by atoms with van der Waals surface area (Å²) >= 11 is 0. The highest BCUT2D eigenvalue weighted by molar-refractivity contribution is 6.12. The highest BCUT2D eigenvalue weighted by atomic mass is 16.5. The molecule has 0 atom stereocenters. The zero-order valence-electron chi connectivity index (χ0n) is 37.9. The first kappa shape index (κ1) is 44.1. The Kier molecular flexibility index (Phi) is 13.1. The number of benzene rings is 8. The summed E-state index contributed by atoms with van der Waals surface area (Å²) in [6.45, 7) is 0. The van der Waals surface area contributed by atoms with Crippen LogP contribution < -0.4 is 0 Å². The Morgan fingerprint density at radius 1 is 0.300 bits per heavy atom. The molecule has 2 aliphatic rings. The lowest BCUT2D eigenvalue weighted by Gasteiger charge is -2.26. The summed E-state index contributed by atoms with van der Waals surface area (Å²) in [5.41, 5.74) is 13.9. The van der Waals surface area contributed by atoms with E-state index in [0.717, 1.165) is 90.5 Å². The largest absolute Gasteiger partial charge is 0.456 e. The highest BCUT2D eigenvalue weighted by Gasteiger charge is 2.25. The van der Waals surface area contributed by atoms with Gasteiger partial charge in [0.2, 0.25) is 0 Å². The van der Waals surface area contributed by atoms with Gasteiger partial charge in [0.25, 0.3) is 0 Å². The van der Waals surface area contributed by atoms with Crippen LogP contribution in [0, 0.1) is 23.7 Å². The molecule has 0 radical (unpaired) electrons. The van der Waals surface area contributed by atoms with E-state index >= 15 is 0 Å². The minimum Gasteiger partial charge on any atom is -0.456 e. The van der Waals surface area contributed by atoms with Crippen LogP contribution in [0.4, 0.5) is 0 Å². The van der Waals surface area contributed by atoms with Gasteiger partial charge in [0, 0.05) is 55.6 Å². The SMILES string of the molecule is O=Cc1ccc(C#Cc2ccc(C(=C3C=C(c4ccccc4)OC(c4ccccc4)=C3)C(=C3C=C(c4ccccc4)OC(c4ccccc4)=C3)c3ccc(C#Cc4ccc(C=O)cc4)cc3)cc2)cc1. The van der Waals surface area contributed by atoms with Crippen LogP contribution in [-0.4, -0.2) is 12.6 Å². The molecule has 0 amide bonds. The topological polar surface area (TPSA) is 52.6 Å². The van der Waals surface area contributed by atoms with E-state index in [9.17, 15) is 9.59 Å². The molecule has 0 saturated heterocycles. The second-order valence-corrected chi connectivity index (χ2v) is 16.5. The van der Waals surface area contributed by atoms with E-state index in [0.29, 0.717) is 34.2 Å². The summed E-state index contributed by atoms with van der Waals surface area (Å²) in [5, 5.41) is 0. The van der Waals surface area contributed by atoms with E-state index < -0.39 is 0 Å². The Morgan fingerprint density at radius 2 is 0.543 bits per heavy atom. The van der Waals surface area contributed by atoms with Crippen molar-refractivity contribution in [1.29, 1.82) is 0 Å². The Morgan fingerprint density at radius 3 is 0.786 bits per heavy atom. The predicted molar refractivity (Wildman–Crippen MR) is 282 cm³/mol.